The highest BCUT2D eigenvalue weighted by Crippen LogP contribution is 2.17. The van der Waals surface area contributed by atoms with Gasteiger partial charge in [-0.1, -0.05) is 18.2 Å². The maximum Gasteiger partial charge on any atom is 0.317 e. The van der Waals surface area contributed by atoms with Gasteiger partial charge in [-0.2, -0.15) is 0 Å². The third kappa shape index (κ3) is 4.20. The number of hydrogen-bond acceptors (Lipinski definition) is 5. The fourth-order valence-corrected chi connectivity index (χ4v) is 2.84. The molecule has 0 aliphatic rings. The van der Waals surface area contributed by atoms with Crippen LogP contribution < -0.4 is 5.32 Å². The molecule has 0 atom stereocenters. The molecule has 0 aliphatic carbocycles. The van der Waals surface area contributed by atoms with E-state index in [1.54, 1.807) is 24.4 Å². The summed E-state index contributed by atoms with van der Waals surface area (Å²) in [5, 5.41) is 5.69. The lowest BCUT2D eigenvalue weighted by Gasteiger charge is -2.16. The van der Waals surface area contributed by atoms with Crippen LogP contribution in [0.1, 0.15) is 10.7 Å². The highest BCUT2D eigenvalue weighted by Gasteiger charge is 2.11. The van der Waals surface area contributed by atoms with Gasteiger partial charge in [0.25, 0.3) is 0 Å². The molecule has 2 amide bonds. The summed E-state index contributed by atoms with van der Waals surface area (Å²) in [5.74, 6) is 0.595. The molecule has 3 rings (SSSR count). The molecule has 0 spiro atoms. The molecule has 0 bridgehead atoms. The van der Waals surface area contributed by atoms with Crippen LogP contribution in [0.25, 0.3) is 11.5 Å². The molecule has 0 unspecified atom stereocenters. The number of thiazole rings is 1. The van der Waals surface area contributed by atoms with Crippen LogP contribution in [0.2, 0.25) is 0 Å². The van der Waals surface area contributed by atoms with Gasteiger partial charge in [0.2, 0.25) is 5.89 Å². The van der Waals surface area contributed by atoms with Crippen molar-refractivity contribution in [2.45, 2.75) is 13.0 Å². The predicted molar refractivity (Wildman–Crippen MR) is 92.6 cm³/mol. The van der Waals surface area contributed by atoms with E-state index in [-0.39, 0.29) is 6.03 Å². The Bertz CT molecular complexity index is 771. The molecule has 2 heterocycles. The van der Waals surface area contributed by atoms with E-state index in [9.17, 15) is 4.79 Å². The number of aromatic nitrogens is 2. The van der Waals surface area contributed by atoms with E-state index in [1.807, 2.05) is 35.7 Å². The van der Waals surface area contributed by atoms with Crippen LogP contribution >= 0.6 is 11.3 Å². The zero-order valence-electron chi connectivity index (χ0n) is 13.3. The summed E-state index contributed by atoms with van der Waals surface area (Å²) in [6.45, 7) is 1.01. The van der Waals surface area contributed by atoms with E-state index in [1.165, 1.54) is 11.3 Å². The molecule has 0 saturated heterocycles. The lowest BCUT2D eigenvalue weighted by atomic mass is 10.2. The first-order valence-electron chi connectivity index (χ1n) is 7.59. The number of hydrogen-bond donors (Lipinski definition) is 1. The number of nitrogens with zero attached hydrogens (tertiary/aromatic N) is 3. The van der Waals surface area contributed by atoms with Crippen molar-refractivity contribution in [2.24, 2.45) is 0 Å². The fraction of sp³-hybridized carbons (Fsp3) is 0.235. The summed E-state index contributed by atoms with van der Waals surface area (Å²) >= 11 is 1.53. The third-order valence-corrected chi connectivity index (χ3v) is 4.20. The van der Waals surface area contributed by atoms with Gasteiger partial charge in [-0.05, 0) is 12.1 Å². The molecule has 124 valence electrons. The molecule has 0 saturated carbocycles. The first kappa shape index (κ1) is 16.2. The lowest BCUT2D eigenvalue weighted by Crippen LogP contribution is -2.37. The van der Waals surface area contributed by atoms with Gasteiger partial charge in [-0.25, -0.2) is 14.8 Å². The van der Waals surface area contributed by atoms with Gasteiger partial charge < -0.3 is 14.6 Å². The minimum Gasteiger partial charge on any atom is -0.444 e. The second kappa shape index (κ2) is 7.74. The van der Waals surface area contributed by atoms with E-state index in [4.69, 9.17) is 4.42 Å². The summed E-state index contributed by atoms with van der Waals surface area (Å²) in [6.07, 6.45) is 3.99. The maximum absolute atomic E-state index is 12.0. The number of amides is 2. The molecule has 3 aromatic rings. The van der Waals surface area contributed by atoms with Gasteiger partial charge in [-0.15, -0.1) is 11.3 Å². The molecule has 24 heavy (non-hydrogen) atoms. The smallest absolute Gasteiger partial charge is 0.317 e. The van der Waals surface area contributed by atoms with Crippen molar-refractivity contribution in [1.82, 2.24) is 20.2 Å². The van der Waals surface area contributed by atoms with Crippen LogP contribution in [-0.2, 0) is 13.0 Å². The Morgan fingerprint density at radius 2 is 2.17 bits per heavy atom. The minimum absolute atomic E-state index is 0.128. The van der Waals surface area contributed by atoms with Crippen molar-refractivity contribution < 1.29 is 9.21 Å². The quantitative estimate of drug-likeness (QED) is 0.747. The number of carbonyl (C=O) groups is 1. The molecule has 6 nitrogen and oxygen atoms in total. The van der Waals surface area contributed by atoms with Crippen molar-refractivity contribution in [3.8, 4) is 11.5 Å². The average molecular weight is 342 g/mol. The summed E-state index contributed by atoms with van der Waals surface area (Å²) in [4.78, 5) is 22.3. The third-order valence-electron chi connectivity index (χ3n) is 3.43. The summed E-state index contributed by atoms with van der Waals surface area (Å²) < 4.78 is 5.48. The topological polar surface area (TPSA) is 71.3 Å². The number of oxazole rings is 1. The number of benzene rings is 1. The number of urea groups is 1. The van der Waals surface area contributed by atoms with Gasteiger partial charge in [-0.3, -0.25) is 0 Å². The van der Waals surface area contributed by atoms with Crippen molar-refractivity contribution in [1.29, 1.82) is 0 Å². The van der Waals surface area contributed by atoms with Crippen LogP contribution in [0, 0.1) is 0 Å². The molecular formula is C17H18N4O2S. The highest BCUT2D eigenvalue weighted by atomic mass is 32.1. The minimum atomic E-state index is -0.128. The molecule has 1 aromatic carbocycles. The predicted octanol–water partition coefficient (Wildman–Crippen LogP) is 3.18. The standard InChI is InChI=1S/C17H18N4O2S/c1-21(11-15-18-9-10-24-15)17(22)19-8-7-14-12-23-16(20-14)13-5-3-2-4-6-13/h2-6,9-10,12H,7-8,11H2,1H3,(H,19,22). The summed E-state index contributed by atoms with van der Waals surface area (Å²) in [5.41, 5.74) is 1.76. The van der Waals surface area contributed by atoms with Crippen LogP contribution in [0.15, 0.2) is 52.6 Å². The van der Waals surface area contributed by atoms with Crippen LogP contribution in [0.5, 0.6) is 0 Å². The van der Waals surface area contributed by atoms with E-state index >= 15 is 0 Å². The van der Waals surface area contributed by atoms with Gasteiger partial charge >= 0.3 is 6.03 Å². The van der Waals surface area contributed by atoms with Crippen molar-refractivity contribution in [3.05, 3.63) is 58.9 Å². The molecular weight excluding hydrogens is 324 g/mol. The van der Waals surface area contributed by atoms with Gasteiger partial charge in [0.05, 0.1) is 12.2 Å². The van der Waals surface area contributed by atoms with Crippen LogP contribution in [-0.4, -0.2) is 34.5 Å². The Morgan fingerprint density at radius 1 is 1.33 bits per heavy atom. The number of carbonyl (C=O) groups excluding carboxylic acids is 1. The summed E-state index contributed by atoms with van der Waals surface area (Å²) in [7, 11) is 1.75. The Kier molecular flexibility index (Phi) is 5.22. The zero-order valence-corrected chi connectivity index (χ0v) is 14.1. The Morgan fingerprint density at radius 3 is 2.92 bits per heavy atom. The molecule has 1 N–H and O–H groups in total. The summed E-state index contributed by atoms with van der Waals surface area (Å²) in [6, 6.07) is 9.60. The fourth-order valence-electron chi connectivity index (χ4n) is 2.17. The highest BCUT2D eigenvalue weighted by molar-refractivity contribution is 7.09. The normalized spacial score (nSPS) is 10.5. The van der Waals surface area contributed by atoms with E-state index in [0.717, 1.165) is 16.3 Å². The van der Waals surface area contributed by atoms with Crippen LogP contribution in [0.3, 0.4) is 0 Å². The Labute approximate surface area is 144 Å². The Hall–Kier alpha value is -2.67. The maximum atomic E-state index is 12.0. The first-order chi connectivity index (χ1) is 11.7. The van der Waals surface area contributed by atoms with Crippen molar-refractivity contribution in [2.75, 3.05) is 13.6 Å². The zero-order chi connectivity index (χ0) is 16.8. The second-order valence-corrected chi connectivity index (χ2v) is 6.25. The molecule has 0 fully saturated rings. The van der Waals surface area contributed by atoms with Crippen molar-refractivity contribution >= 4 is 17.4 Å². The molecule has 7 heteroatoms. The second-order valence-electron chi connectivity index (χ2n) is 5.27. The first-order valence-corrected chi connectivity index (χ1v) is 8.47. The van der Waals surface area contributed by atoms with Gasteiger partial charge in [0, 0.05) is 37.2 Å². The van der Waals surface area contributed by atoms with E-state index in [0.29, 0.717) is 25.4 Å². The molecule has 0 radical (unpaired) electrons. The van der Waals surface area contributed by atoms with E-state index < -0.39 is 0 Å². The Balaban J connectivity index is 1.46. The van der Waals surface area contributed by atoms with Crippen LogP contribution in [0.4, 0.5) is 4.79 Å². The van der Waals surface area contributed by atoms with Gasteiger partial charge in [0.15, 0.2) is 0 Å². The largest absolute Gasteiger partial charge is 0.444 e. The monoisotopic (exact) mass is 342 g/mol. The lowest BCUT2D eigenvalue weighted by molar-refractivity contribution is 0.207. The van der Waals surface area contributed by atoms with Crippen molar-refractivity contribution in [3.63, 3.8) is 0 Å². The van der Waals surface area contributed by atoms with E-state index in [2.05, 4.69) is 15.3 Å². The SMILES string of the molecule is CN(Cc1nccs1)C(=O)NCCc1coc(-c2ccccc2)n1. The number of rotatable bonds is 6. The van der Waals surface area contributed by atoms with Gasteiger partial charge in [0.1, 0.15) is 11.3 Å². The molecule has 2 aromatic heterocycles. The molecule has 0 aliphatic heterocycles. The average Bonchev–Trinajstić information content (AvgIpc) is 3.27. The number of nitrogens with one attached hydrogen (secondary N) is 1.